The number of rotatable bonds is 6. The normalized spacial score (nSPS) is 15.5. The Morgan fingerprint density at radius 3 is 2.56 bits per heavy atom. The molecule has 148 valence electrons. The number of aromatic nitrogens is 2. The smallest absolute Gasteiger partial charge is 0.193 e. The minimum atomic E-state index is 0. The van der Waals surface area contributed by atoms with E-state index >= 15 is 0 Å². The number of hydrogen-bond donors (Lipinski definition) is 1. The van der Waals surface area contributed by atoms with Gasteiger partial charge >= 0.3 is 0 Å². The van der Waals surface area contributed by atoms with Crippen molar-refractivity contribution in [1.29, 1.82) is 0 Å². The summed E-state index contributed by atoms with van der Waals surface area (Å²) < 4.78 is 1.85. The maximum atomic E-state index is 4.85. The van der Waals surface area contributed by atoms with Gasteiger partial charge in [0.15, 0.2) is 5.96 Å². The second-order valence-corrected chi connectivity index (χ2v) is 7.13. The lowest BCUT2D eigenvalue weighted by Gasteiger charge is -2.34. The molecular formula is C21H32IN5. The van der Waals surface area contributed by atoms with E-state index in [0.29, 0.717) is 0 Å². The molecule has 0 saturated carbocycles. The molecule has 27 heavy (non-hydrogen) atoms. The number of hydrogen-bond acceptors (Lipinski definition) is 2. The van der Waals surface area contributed by atoms with Crippen LogP contribution in [-0.4, -0.2) is 46.8 Å². The van der Waals surface area contributed by atoms with Crippen molar-refractivity contribution in [2.24, 2.45) is 18.0 Å². The van der Waals surface area contributed by atoms with Crippen LogP contribution in [0.15, 0.2) is 47.7 Å². The van der Waals surface area contributed by atoms with E-state index in [9.17, 15) is 0 Å². The first kappa shape index (κ1) is 21.7. The molecular weight excluding hydrogens is 449 g/mol. The van der Waals surface area contributed by atoms with Crippen molar-refractivity contribution < 1.29 is 0 Å². The van der Waals surface area contributed by atoms with Gasteiger partial charge in [0.25, 0.3) is 0 Å². The Hall–Kier alpha value is -1.57. The van der Waals surface area contributed by atoms with Crippen molar-refractivity contribution in [3.05, 3.63) is 53.9 Å². The van der Waals surface area contributed by atoms with Crippen molar-refractivity contribution in [1.82, 2.24) is 20.0 Å². The minimum absolute atomic E-state index is 0. The predicted octanol–water partition coefficient (Wildman–Crippen LogP) is 3.50. The van der Waals surface area contributed by atoms with E-state index in [-0.39, 0.29) is 24.0 Å². The van der Waals surface area contributed by atoms with Crippen molar-refractivity contribution in [2.45, 2.75) is 32.6 Å². The molecule has 1 fully saturated rings. The fourth-order valence-corrected chi connectivity index (χ4v) is 3.61. The van der Waals surface area contributed by atoms with Gasteiger partial charge in [-0.15, -0.1) is 24.0 Å². The molecule has 0 radical (unpaired) electrons. The maximum Gasteiger partial charge on any atom is 0.193 e. The van der Waals surface area contributed by atoms with Gasteiger partial charge in [-0.1, -0.05) is 30.3 Å². The summed E-state index contributed by atoms with van der Waals surface area (Å²) >= 11 is 0. The molecule has 1 aliphatic rings. The molecule has 1 aliphatic heterocycles. The third-order valence-corrected chi connectivity index (χ3v) is 5.04. The molecule has 1 aromatic carbocycles. The number of piperidine rings is 1. The van der Waals surface area contributed by atoms with Gasteiger partial charge in [-0.2, -0.15) is 5.10 Å². The highest BCUT2D eigenvalue weighted by molar-refractivity contribution is 14.0. The molecule has 0 spiro atoms. The number of benzene rings is 1. The molecule has 2 aromatic rings. The van der Waals surface area contributed by atoms with Gasteiger partial charge in [0.05, 0.1) is 6.20 Å². The molecule has 0 aliphatic carbocycles. The Morgan fingerprint density at radius 1 is 1.19 bits per heavy atom. The van der Waals surface area contributed by atoms with Crippen LogP contribution < -0.4 is 5.32 Å². The summed E-state index contributed by atoms with van der Waals surface area (Å²) in [6.45, 7) is 6.04. The quantitative estimate of drug-likeness (QED) is 0.391. The molecule has 3 rings (SSSR count). The first-order chi connectivity index (χ1) is 12.7. The molecule has 0 atom stereocenters. The summed E-state index contributed by atoms with van der Waals surface area (Å²) in [7, 11) is 1.95. The average molecular weight is 481 g/mol. The number of aliphatic imine (C=N–C) groups is 1. The lowest BCUT2D eigenvalue weighted by molar-refractivity contribution is 0.259. The average Bonchev–Trinajstić information content (AvgIpc) is 3.08. The van der Waals surface area contributed by atoms with Gasteiger partial charge in [0.1, 0.15) is 0 Å². The van der Waals surface area contributed by atoms with Gasteiger partial charge in [-0.25, -0.2) is 0 Å². The monoisotopic (exact) mass is 481 g/mol. The van der Waals surface area contributed by atoms with Crippen LogP contribution in [0.4, 0.5) is 0 Å². The number of nitrogens with one attached hydrogen (secondary N) is 1. The highest BCUT2D eigenvalue weighted by Gasteiger charge is 2.21. The summed E-state index contributed by atoms with van der Waals surface area (Å²) in [6, 6.07) is 10.9. The number of aryl methyl sites for hydroxylation is 1. The largest absolute Gasteiger partial charge is 0.357 e. The van der Waals surface area contributed by atoms with Crippen molar-refractivity contribution >= 4 is 29.9 Å². The van der Waals surface area contributed by atoms with Crippen LogP contribution in [0.1, 0.15) is 30.9 Å². The fraction of sp³-hybridized carbons (Fsp3) is 0.524. The first-order valence-corrected chi connectivity index (χ1v) is 9.79. The van der Waals surface area contributed by atoms with Crippen LogP contribution in [0.2, 0.25) is 0 Å². The van der Waals surface area contributed by atoms with Gasteiger partial charge in [0.2, 0.25) is 0 Å². The van der Waals surface area contributed by atoms with Crippen molar-refractivity contribution in [3.8, 4) is 0 Å². The zero-order chi connectivity index (χ0) is 18.2. The Balaban J connectivity index is 0.00000261. The van der Waals surface area contributed by atoms with Crippen LogP contribution in [0.3, 0.4) is 0 Å². The second kappa shape index (κ2) is 11.3. The molecule has 0 unspecified atom stereocenters. The van der Waals surface area contributed by atoms with E-state index in [2.05, 4.69) is 58.8 Å². The van der Waals surface area contributed by atoms with Crippen molar-refractivity contribution in [2.75, 3.05) is 26.2 Å². The summed E-state index contributed by atoms with van der Waals surface area (Å²) in [6.07, 6.45) is 8.61. The lowest BCUT2D eigenvalue weighted by atomic mass is 9.90. The molecule has 1 saturated heterocycles. The van der Waals surface area contributed by atoms with Crippen molar-refractivity contribution in [3.63, 3.8) is 0 Å². The molecule has 6 heteroatoms. The number of halogens is 1. The van der Waals surface area contributed by atoms with Crippen LogP contribution in [0.25, 0.3) is 0 Å². The predicted molar refractivity (Wildman–Crippen MR) is 123 cm³/mol. The summed E-state index contributed by atoms with van der Waals surface area (Å²) in [5, 5.41) is 7.69. The Bertz CT molecular complexity index is 690. The Labute approximate surface area is 180 Å². The number of nitrogens with zero attached hydrogens (tertiary/aromatic N) is 4. The van der Waals surface area contributed by atoms with E-state index in [1.807, 2.05) is 17.9 Å². The summed E-state index contributed by atoms with van der Waals surface area (Å²) in [4.78, 5) is 7.27. The van der Waals surface area contributed by atoms with Crippen LogP contribution in [-0.2, 0) is 19.9 Å². The highest BCUT2D eigenvalue weighted by Crippen LogP contribution is 2.21. The lowest BCUT2D eigenvalue weighted by Crippen LogP contribution is -2.46. The molecule has 2 heterocycles. The van der Waals surface area contributed by atoms with E-state index in [1.54, 1.807) is 0 Å². The number of guanidine groups is 1. The van der Waals surface area contributed by atoms with Gasteiger partial charge in [-0.05, 0) is 49.7 Å². The van der Waals surface area contributed by atoms with E-state index in [0.717, 1.165) is 44.5 Å². The zero-order valence-corrected chi connectivity index (χ0v) is 18.8. The molecule has 1 aromatic heterocycles. The van der Waals surface area contributed by atoms with Gasteiger partial charge in [-0.3, -0.25) is 9.67 Å². The molecule has 0 amide bonds. The topological polar surface area (TPSA) is 45.5 Å². The third-order valence-electron chi connectivity index (χ3n) is 5.04. The van der Waals surface area contributed by atoms with Crippen LogP contribution in [0, 0.1) is 5.92 Å². The van der Waals surface area contributed by atoms with Gasteiger partial charge in [0, 0.05) is 39.4 Å². The van der Waals surface area contributed by atoms with Crippen LogP contribution in [0.5, 0.6) is 0 Å². The molecule has 5 nitrogen and oxygen atoms in total. The Kier molecular flexibility index (Phi) is 9.10. The fourth-order valence-electron chi connectivity index (χ4n) is 3.61. The summed E-state index contributed by atoms with van der Waals surface area (Å²) in [5.74, 6) is 1.85. The zero-order valence-electron chi connectivity index (χ0n) is 16.5. The van der Waals surface area contributed by atoms with E-state index in [1.165, 1.54) is 30.4 Å². The standard InChI is InChI=1S/C21H31N5.HI/c1-3-22-21(23-12-9-20-16-24-25(2)17-20)26-13-10-19(11-14-26)15-18-7-5-4-6-8-18;/h4-8,16-17,19H,3,9-15H2,1-2H3,(H,22,23);1H. The maximum absolute atomic E-state index is 4.85. The van der Waals surface area contributed by atoms with E-state index in [4.69, 9.17) is 4.99 Å². The Morgan fingerprint density at radius 2 is 1.93 bits per heavy atom. The SMILES string of the molecule is CCNC(=NCCc1cnn(C)c1)N1CCC(Cc2ccccc2)CC1.I. The van der Waals surface area contributed by atoms with Crippen LogP contribution >= 0.6 is 24.0 Å². The number of likely N-dealkylation sites (tertiary alicyclic amines) is 1. The van der Waals surface area contributed by atoms with Gasteiger partial charge < -0.3 is 10.2 Å². The third kappa shape index (κ3) is 6.83. The minimum Gasteiger partial charge on any atom is -0.357 e. The summed E-state index contributed by atoms with van der Waals surface area (Å²) in [5.41, 5.74) is 2.71. The first-order valence-electron chi connectivity index (χ1n) is 9.79. The molecule has 1 N–H and O–H groups in total. The molecule has 0 bridgehead atoms. The van der Waals surface area contributed by atoms with E-state index < -0.39 is 0 Å². The highest BCUT2D eigenvalue weighted by atomic mass is 127. The second-order valence-electron chi connectivity index (χ2n) is 7.13.